The highest BCUT2D eigenvalue weighted by Gasteiger charge is 2.41. The van der Waals surface area contributed by atoms with Crippen LogP contribution >= 0.6 is 11.3 Å². The van der Waals surface area contributed by atoms with Crippen LogP contribution in [0.1, 0.15) is 33.6 Å². The maximum Gasteiger partial charge on any atom is 0.263 e. The van der Waals surface area contributed by atoms with Crippen LogP contribution in [0.25, 0.3) is 0 Å². The summed E-state index contributed by atoms with van der Waals surface area (Å²) in [5.74, 6) is -1.44. The van der Waals surface area contributed by atoms with E-state index in [4.69, 9.17) is 0 Å². The van der Waals surface area contributed by atoms with E-state index in [1.807, 2.05) is 0 Å². The molecule has 28 heavy (non-hydrogen) atoms. The number of carbonyl (C=O) groups excluding carboxylic acids is 3. The van der Waals surface area contributed by atoms with Crippen LogP contribution in [-0.2, 0) is 14.8 Å². The molecule has 0 bridgehead atoms. The molecule has 3 heterocycles. The van der Waals surface area contributed by atoms with E-state index in [1.54, 1.807) is 17.5 Å². The van der Waals surface area contributed by atoms with E-state index in [9.17, 15) is 22.8 Å². The van der Waals surface area contributed by atoms with Crippen LogP contribution in [0.15, 0.2) is 39.9 Å². The van der Waals surface area contributed by atoms with Gasteiger partial charge in [-0.05, 0) is 36.4 Å². The first-order chi connectivity index (χ1) is 13.3. The fourth-order valence-electron chi connectivity index (χ4n) is 3.54. The summed E-state index contributed by atoms with van der Waals surface area (Å²) in [6.45, 7) is 0.255. The second-order valence-corrected chi connectivity index (χ2v) is 9.66. The SMILES string of the molecule is CN1C(=O)c2cccc(NC(=O)C3CCCN3S(=O)(=O)c3cccs3)c2C1=O. The lowest BCUT2D eigenvalue weighted by molar-refractivity contribution is -0.119. The summed E-state index contributed by atoms with van der Waals surface area (Å²) in [6.07, 6.45) is 0.952. The summed E-state index contributed by atoms with van der Waals surface area (Å²) < 4.78 is 27.1. The van der Waals surface area contributed by atoms with Gasteiger partial charge in [0.15, 0.2) is 0 Å². The molecule has 146 valence electrons. The Morgan fingerprint density at radius 1 is 1.18 bits per heavy atom. The molecule has 10 heteroatoms. The zero-order valence-corrected chi connectivity index (χ0v) is 16.5. The number of imide groups is 1. The fraction of sp³-hybridized carbons (Fsp3) is 0.278. The first-order valence-electron chi connectivity index (χ1n) is 8.64. The van der Waals surface area contributed by atoms with E-state index < -0.39 is 33.8 Å². The average molecular weight is 419 g/mol. The van der Waals surface area contributed by atoms with E-state index >= 15 is 0 Å². The summed E-state index contributed by atoms with van der Waals surface area (Å²) in [5, 5.41) is 4.33. The van der Waals surface area contributed by atoms with E-state index in [0.717, 1.165) is 16.2 Å². The molecule has 1 aromatic carbocycles. The van der Waals surface area contributed by atoms with E-state index in [2.05, 4.69) is 5.32 Å². The first kappa shape index (κ1) is 18.8. The molecule has 0 spiro atoms. The van der Waals surface area contributed by atoms with Crippen molar-refractivity contribution < 1.29 is 22.8 Å². The van der Waals surface area contributed by atoms with Gasteiger partial charge in [0.1, 0.15) is 10.3 Å². The number of anilines is 1. The molecule has 0 aliphatic carbocycles. The van der Waals surface area contributed by atoms with Gasteiger partial charge in [0.05, 0.1) is 16.8 Å². The number of hydrogen-bond donors (Lipinski definition) is 1. The van der Waals surface area contributed by atoms with Gasteiger partial charge in [-0.25, -0.2) is 8.42 Å². The van der Waals surface area contributed by atoms with Crippen molar-refractivity contribution in [2.24, 2.45) is 0 Å². The molecule has 0 saturated carbocycles. The molecule has 2 aliphatic heterocycles. The van der Waals surface area contributed by atoms with Crippen molar-refractivity contribution in [2.75, 3.05) is 18.9 Å². The van der Waals surface area contributed by atoms with Gasteiger partial charge >= 0.3 is 0 Å². The number of fused-ring (bicyclic) bond motifs is 1. The summed E-state index contributed by atoms with van der Waals surface area (Å²) in [7, 11) is -2.38. The Bertz CT molecular complexity index is 1080. The van der Waals surface area contributed by atoms with Crippen molar-refractivity contribution in [1.29, 1.82) is 0 Å². The Hall–Kier alpha value is -2.56. The molecule has 3 amide bonds. The van der Waals surface area contributed by atoms with Gasteiger partial charge in [0, 0.05) is 13.6 Å². The van der Waals surface area contributed by atoms with Gasteiger partial charge in [-0.1, -0.05) is 12.1 Å². The monoisotopic (exact) mass is 419 g/mol. The van der Waals surface area contributed by atoms with Crippen molar-refractivity contribution in [3.63, 3.8) is 0 Å². The van der Waals surface area contributed by atoms with Crippen LogP contribution in [0.5, 0.6) is 0 Å². The number of carbonyl (C=O) groups is 3. The number of nitrogens with one attached hydrogen (secondary N) is 1. The lowest BCUT2D eigenvalue weighted by Gasteiger charge is -2.23. The number of hydrogen-bond acceptors (Lipinski definition) is 6. The largest absolute Gasteiger partial charge is 0.324 e. The van der Waals surface area contributed by atoms with E-state index in [0.29, 0.717) is 12.8 Å². The number of rotatable bonds is 4. The molecule has 1 unspecified atom stereocenters. The standard InChI is InChI=1S/C18H17N3O5S2/c1-20-17(23)11-5-2-6-12(15(11)18(20)24)19-16(22)13-7-3-9-21(13)28(25,26)14-8-4-10-27-14/h2,4-6,8,10,13H,3,7,9H2,1H3,(H,19,22). The summed E-state index contributed by atoms with van der Waals surface area (Å²) >= 11 is 1.10. The zero-order chi connectivity index (χ0) is 20.1. The highest BCUT2D eigenvalue weighted by atomic mass is 32.2. The predicted molar refractivity (Wildman–Crippen MR) is 103 cm³/mol. The minimum absolute atomic E-state index is 0.133. The van der Waals surface area contributed by atoms with Crippen LogP contribution < -0.4 is 5.32 Å². The topological polar surface area (TPSA) is 104 Å². The van der Waals surface area contributed by atoms with Gasteiger partial charge in [-0.15, -0.1) is 11.3 Å². The quantitative estimate of drug-likeness (QED) is 0.761. The van der Waals surface area contributed by atoms with Gasteiger partial charge in [0.25, 0.3) is 21.8 Å². The molecule has 8 nitrogen and oxygen atoms in total. The van der Waals surface area contributed by atoms with Crippen molar-refractivity contribution in [3.05, 3.63) is 46.8 Å². The smallest absolute Gasteiger partial charge is 0.263 e. The normalized spacial score (nSPS) is 19.9. The second kappa shape index (κ2) is 6.80. The van der Waals surface area contributed by atoms with Crippen LogP contribution in [-0.4, -0.2) is 55.0 Å². The third kappa shape index (κ3) is 2.84. The summed E-state index contributed by atoms with van der Waals surface area (Å²) in [5.41, 5.74) is 0.569. The Balaban J connectivity index is 1.62. The molecular formula is C18H17N3O5S2. The molecule has 1 fully saturated rings. The number of benzene rings is 1. The van der Waals surface area contributed by atoms with Gasteiger partial charge in [0.2, 0.25) is 5.91 Å². The third-order valence-electron chi connectivity index (χ3n) is 4.94. The van der Waals surface area contributed by atoms with E-state index in [1.165, 1.54) is 29.6 Å². The average Bonchev–Trinajstić information content (AvgIpc) is 3.41. The fourth-order valence-corrected chi connectivity index (χ4v) is 6.31. The van der Waals surface area contributed by atoms with Gasteiger partial charge < -0.3 is 5.32 Å². The van der Waals surface area contributed by atoms with Crippen LogP contribution in [0, 0.1) is 0 Å². The first-order valence-corrected chi connectivity index (χ1v) is 11.0. The van der Waals surface area contributed by atoms with Crippen LogP contribution in [0.2, 0.25) is 0 Å². The third-order valence-corrected chi connectivity index (χ3v) is 8.22. The Morgan fingerprint density at radius 2 is 1.96 bits per heavy atom. The lowest BCUT2D eigenvalue weighted by Crippen LogP contribution is -2.43. The molecule has 0 radical (unpaired) electrons. The number of thiophene rings is 1. The molecule has 1 atom stereocenters. The molecule has 2 aromatic rings. The lowest BCUT2D eigenvalue weighted by atomic mass is 10.1. The minimum Gasteiger partial charge on any atom is -0.324 e. The van der Waals surface area contributed by atoms with E-state index in [-0.39, 0.29) is 27.6 Å². The maximum absolute atomic E-state index is 12.9. The minimum atomic E-state index is -3.76. The molecule has 1 aromatic heterocycles. The molecule has 4 rings (SSSR count). The summed E-state index contributed by atoms with van der Waals surface area (Å²) in [4.78, 5) is 38.4. The Morgan fingerprint density at radius 3 is 2.68 bits per heavy atom. The Kier molecular flexibility index (Phi) is 4.56. The van der Waals surface area contributed by atoms with Crippen molar-refractivity contribution in [1.82, 2.24) is 9.21 Å². The number of nitrogens with zero attached hydrogens (tertiary/aromatic N) is 2. The highest BCUT2D eigenvalue weighted by molar-refractivity contribution is 7.91. The van der Waals surface area contributed by atoms with Crippen LogP contribution in [0.3, 0.4) is 0 Å². The van der Waals surface area contributed by atoms with Gasteiger partial charge in [-0.3, -0.25) is 19.3 Å². The zero-order valence-electron chi connectivity index (χ0n) is 14.9. The molecular weight excluding hydrogens is 402 g/mol. The molecule has 2 aliphatic rings. The molecule has 1 saturated heterocycles. The van der Waals surface area contributed by atoms with Crippen molar-refractivity contribution in [3.8, 4) is 0 Å². The maximum atomic E-state index is 12.9. The summed E-state index contributed by atoms with van der Waals surface area (Å²) in [6, 6.07) is 6.93. The Labute approximate surface area is 165 Å². The number of amides is 3. The van der Waals surface area contributed by atoms with Gasteiger partial charge in [-0.2, -0.15) is 4.31 Å². The van der Waals surface area contributed by atoms with Crippen molar-refractivity contribution in [2.45, 2.75) is 23.1 Å². The number of sulfonamides is 1. The van der Waals surface area contributed by atoms with Crippen LogP contribution in [0.4, 0.5) is 5.69 Å². The second-order valence-electron chi connectivity index (χ2n) is 6.59. The predicted octanol–water partition coefficient (Wildman–Crippen LogP) is 1.77. The van der Waals surface area contributed by atoms with Crippen molar-refractivity contribution >= 4 is 44.8 Å². The highest BCUT2D eigenvalue weighted by Crippen LogP contribution is 2.31. The molecule has 1 N–H and O–H groups in total.